The number of rotatable bonds is 4. The van der Waals surface area contributed by atoms with Gasteiger partial charge >= 0.3 is 0 Å². The molecule has 0 saturated carbocycles. The number of thiazole rings is 2. The van der Waals surface area contributed by atoms with E-state index in [0.717, 1.165) is 35.9 Å². The number of nitrogens with one attached hydrogen (secondary N) is 1. The van der Waals surface area contributed by atoms with Gasteiger partial charge in [0.05, 0.1) is 34.1 Å². The number of nitrogens with zero attached hydrogens (tertiary/aromatic N) is 3. The minimum Gasteiger partial charge on any atom is -0.390 e. The van der Waals surface area contributed by atoms with Gasteiger partial charge in [-0.2, -0.15) is 0 Å². The number of aliphatic hydroxyl groups excluding tert-OH is 1. The quantitative estimate of drug-likeness (QED) is 0.873. The third-order valence-corrected chi connectivity index (χ3v) is 5.74. The van der Waals surface area contributed by atoms with Crippen molar-refractivity contribution in [1.29, 1.82) is 0 Å². The van der Waals surface area contributed by atoms with Crippen LogP contribution < -0.4 is 5.32 Å². The van der Waals surface area contributed by atoms with Gasteiger partial charge in [0.25, 0.3) is 5.91 Å². The lowest BCUT2D eigenvalue weighted by Gasteiger charge is -2.35. The standard InChI is InChI=1S/C15H20N4O2S2/c1-9-14(23-8-16-9)15(21)18-12-3-4-19(6-13(12)20)5-11-7-22-10(2)17-11/h7-8,12-13,20H,3-6H2,1-2H3,(H,18,21)/t12-,13-/m1/s1. The molecule has 0 aliphatic carbocycles. The van der Waals surface area contributed by atoms with Crippen LogP contribution in [0.25, 0.3) is 0 Å². The fraction of sp³-hybridized carbons (Fsp3) is 0.533. The van der Waals surface area contributed by atoms with Gasteiger partial charge in [-0.05, 0) is 20.3 Å². The summed E-state index contributed by atoms with van der Waals surface area (Å²) >= 11 is 2.97. The number of carbonyl (C=O) groups excluding carboxylic acids is 1. The van der Waals surface area contributed by atoms with Crippen molar-refractivity contribution < 1.29 is 9.90 Å². The van der Waals surface area contributed by atoms with Gasteiger partial charge in [0.2, 0.25) is 0 Å². The molecule has 1 fully saturated rings. The maximum Gasteiger partial charge on any atom is 0.263 e. The lowest BCUT2D eigenvalue weighted by atomic mass is 10.0. The Morgan fingerprint density at radius 3 is 2.91 bits per heavy atom. The number of hydrogen-bond donors (Lipinski definition) is 2. The lowest BCUT2D eigenvalue weighted by Crippen LogP contribution is -2.53. The maximum absolute atomic E-state index is 12.2. The van der Waals surface area contributed by atoms with E-state index >= 15 is 0 Å². The Hall–Kier alpha value is -1.35. The molecule has 1 saturated heterocycles. The molecule has 2 N–H and O–H groups in total. The van der Waals surface area contributed by atoms with Crippen LogP contribution in [0.15, 0.2) is 10.9 Å². The third-order valence-electron chi connectivity index (χ3n) is 3.99. The highest BCUT2D eigenvalue weighted by Crippen LogP contribution is 2.18. The van der Waals surface area contributed by atoms with Gasteiger partial charge in [-0.15, -0.1) is 22.7 Å². The number of hydrogen-bond acceptors (Lipinski definition) is 7. The Morgan fingerprint density at radius 2 is 2.30 bits per heavy atom. The zero-order valence-corrected chi connectivity index (χ0v) is 14.8. The fourth-order valence-corrected chi connectivity index (χ4v) is 4.08. The molecule has 8 heteroatoms. The van der Waals surface area contributed by atoms with Crippen LogP contribution in [-0.4, -0.2) is 51.1 Å². The summed E-state index contributed by atoms with van der Waals surface area (Å²) in [6, 6.07) is -0.211. The Labute approximate surface area is 143 Å². The first-order chi connectivity index (χ1) is 11.0. The first kappa shape index (κ1) is 16.5. The average molecular weight is 352 g/mol. The first-order valence-corrected chi connectivity index (χ1v) is 9.31. The second-order valence-corrected chi connectivity index (χ2v) is 7.71. The van der Waals surface area contributed by atoms with E-state index in [0.29, 0.717) is 11.4 Å². The van der Waals surface area contributed by atoms with E-state index in [1.54, 1.807) is 16.8 Å². The van der Waals surface area contributed by atoms with Gasteiger partial charge in [-0.3, -0.25) is 9.69 Å². The van der Waals surface area contributed by atoms with Crippen molar-refractivity contribution in [2.24, 2.45) is 0 Å². The summed E-state index contributed by atoms with van der Waals surface area (Å²) in [6.45, 7) is 5.94. The van der Waals surface area contributed by atoms with E-state index in [1.807, 2.05) is 13.8 Å². The van der Waals surface area contributed by atoms with E-state index < -0.39 is 6.10 Å². The second-order valence-electron chi connectivity index (χ2n) is 5.80. The maximum atomic E-state index is 12.2. The molecule has 3 rings (SSSR count). The Balaban J connectivity index is 1.54. The number of aromatic nitrogens is 2. The summed E-state index contributed by atoms with van der Waals surface area (Å²) in [5.74, 6) is -0.141. The van der Waals surface area contributed by atoms with Crippen molar-refractivity contribution in [2.75, 3.05) is 13.1 Å². The van der Waals surface area contributed by atoms with Gasteiger partial charge in [0, 0.05) is 25.0 Å². The molecule has 1 aliphatic rings. The van der Waals surface area contributed by atoms with Gasteiger partial charge in [-0.25, -0.2) is 9.97 Å². The van der Waals surface area contributed by atoms with Crippen LogP contribution in [0.1, 0.15) is 32.5 Å². The highest BCUT2D eigenvalue weighted by atomic mass is 32.1. The van der Waals surface area contributed by atoms with Crippen molar-refractivity contribution >= 4 is 28.6 Å². The highest BCUT2D eigenvalue weighted by Gasteiger charge is 2.30. The zero-order valence-electron chi connectivity index (χ0n) is 13.2. The summed E-state index contributed by atoms with van der Waals surface area (Å²) in [5, 5.41) is 16.4. The predicted molar refractivity (Wildman–Crippen MR) is 90.9 cm³/mol. The molecule has 2 aromatic rings. The molecule has 0 unspecified atom stereocenters. The van der Waals surface area contributed by atoms with E-state index in [-0.39, 0.29) is 11.9 Å². The summed E-state index contributed by atoms with van der Waals surface area (Å²) in [4.78, 5) is 23.6. The van der Waals surface area contributed by atoms with Crippen LogP contribution in [0.4, 0.5) is 0 Å². The molecule has 124 valence electrons. The SMILES string of the molecule is Cc1nc(CN2CC[C@@H](NC(=O)c3scnc3C)[C@H](O)C2)cs1. The van der Waals surface area contributed by atoms with Gasteiger partial charge in [0.15, 0.2) is 0 Å². The van der Waals surface area contributed by atoms with Crippen molar-refractivity contribution in [1.82, 2.24) is 20.2 Å². The number of aryl methyl sites for hydroxylation is 2. The van der Waals surface area contributed by atoms with Crippen molar-refractivity contribution in [3.63, 3.8) is 0 Å². The summed E-state index contributed by atoms with van der Waals surface area (Å²) in [7, 11) is 0. The molecular weight excluding hydrogens is 332 g/mol. The van der Waals surface area contributed by atoms with Gasteiger partial charge in [-0.1, -0.05) is 0 Å². The van der Waals surface area contributed by atoms with Crippen LogP contribution >= 0.6 is 22.7 Å². The third kappa shape index (κ3) is 3.95. The highest BCUT2D eigenvalue weighted by molar-refractivity contribution is 7.11. The van der Waals surface area contributed by atoms with E-state index in [2.05, 4.69) is 25.6 Å². The van der Waals surface area contributed by atoms with Gasteiger partial charge < -0.3 is 10.4 Å². The van der Waals surface area contributed by atoms with E-state index in [1.165, 1.54) is 11.3 Å². The minimum atomic E-state index is -0.569. The molecule has 6 nitrogen and oxygen atoms in total. The van der Waals surface area contributed by atoms with Crippen LogP contribution in [0.2, 0.25) is 0 Å². The van der Waals surface area contributed by atoms with Crippen molar-refractivity contribution in [3.05, 3.63) is 32.2 Å². The lowest BCUT2D eigenvalue weighted by molar-refractivity contribution is 0.0346. The van der Waals surface area contributed by atoms with Crippen LogP contribution in [0.5, 0.6) is 0 Å². The number of β-amino-alcohol motifs (C(OH)–C–C–N with tert-alkyl or cyclic N) is 1. The molecule has 23 heavy (non-hydrogen) atoms. The minimum absolute atomic E-state index is 0.141. The smallest absolute Gasteiger partial charge is 0.263 e. The topological polar surface area (TPSA) is 78.4 Å². The first-order valence-electron chi connectivity index (χ1n) is 7.55. The zero-order chi connectivity index (χ0) is 16.4. The van der Waals surface area contributed by atoms with Crippen molar-refractivity contribution in [2.45, 2.75) is 39.0 Å². The summed E-state index contributed by atoms with van der Waals surface area (Å²) in [6.07, 6.45) is 0.161. The average Bonchev–Trinajstić information content (AvgIpc) is 3.10. The molecule has 0 radical (unpaired) electrons. The molecule has 0 bridgehead atoms. The molecular formula is C15H20N4O2S2. The van der Waals surface area contributed by atoms with Crippen LogP contribution in [0, 0.1) is 13.8 Å². The molecule has 0 spiro atoms. The van der Waals surface area contributed by atoms with Gasteiger partial charge in [0.1, 0.15) is 4.88 Å². The Morgan fingerprint density at radius 1 is 1.48 bits per heavy atom. The Kier molecular flexibility index (Phi) is 5.05. The Bertz CT molecular complexity index is 685. The predicted octanol–water partition coefficient (Wildman–Crippen LogP) is 1.58. The molecule has 2 aromatic heterocycles. The number of aliphatic hydroxyl groups is 1. The van der Waals surface area contributed by atoms with Crippen LogP contribution in [-0.2, 0) is 6.54 Å². The monoisotopic (exact) mass is 352 g/mol. The van der Waals surface area contributed by atoms with Crippen molar-refractivity contribution in [3.8, 4) is 0 Å². The number of carbonyl (C=O) groups is 1. The fourth-order valence-electron chi connectivity index (χ4n) is 2.77. The number of piperidine rings is 1. The van der Waals surface area contributed by atoms with E-state index in [9.17, 15) is 9.90 Å². The molecule has 0 aromatic carbocycles. The molecule has 2 atom stereocenters. The number of amides is 1. The number of likely N-dealkylation sites (tertiary alicyclic amines) is 1. The summed E-state index contributed by atoms with van der Waals surface area (Å²) < 4.78 is 0. The second kappa shape index (κ2) is 7.04. The molecule has 3 heterocycles. The largest absolute Gasteiger partial charge is 0.390 e. The molecule has 1 amide bonds. The van der Waals surface area contributed by atoms with Crippen LogP contribution in [0.3, 0.4) is 0 Å². The normalized spacial score (nSPS) is 22.2. The summed E-state index contributed by atoms with van der Waals surface area (Å²) in [5.41, 5.74) is 3.44. The molecule has 1 aliphatic heterocycles. The van der Waals surface area contributed by atoms with E-state index in [4.69, 9.17) is 0 Å².